The molecule has 0 spiro atoms. The summed E-state index contributed by atoms with van der Waals surface area (Å²) in [6, 6.07) is 5.77. The van der Waals surface area contributed by atoms with E-state index in [-0.39, 0.29) is 18.1 Å². The summed E-state index contributed by atoms with van der Waals surface area (Å²) in [7, 11) is 1.26. The quantitative estimate of drug-likeness (QED) is 0.752. The van der Waals surface area contributed by atoms with Gasteiger partial charge in [0.05, 0.1) is 7.11 Å². The number of carbonyl (C=O) groups is 2. The number of phenolic OH excluding ortho intramolecular Hbond substituents is 1. The van der Waals surface area contributed by atoms with Gasteiger partial charge in [-0.1, -0.05) is 12.1 Å². The molecule has 1 atom stereocenters. The van der Waals surface area contributed by atoms with E-state index in [1.165, 1.54) is 26.2 Å². The highest BCUT2D eigenvalue weighted by atomic mass is 16.5. The van der Waals surface area contributed by atoms with Gasteiger partial charge in [-0.25, -0.2) is 4.79 Å². The van der Waals surface area contributed by atoms with Gasteiger partial charge in [0.2, 0.25) is 5.91 Å². The van der Waals surface area contributed by atoms with E-state index in [9.17, 15) is 14.7 Å². The van der Waals surface area contributed by atoms with Crippen molar-refractivity contribution in [1.29, 1.82) is 0 Å². The lowest BCUT2D eigenvalue weighted by Crippen LogP contribution is -2.41. The Bertz CT molecular complexity index is 417. The Morgan fingerprint density at radius 3 is 2.71 bits per heavy atom. The fourth-order valence-electron chi connectivity index (χ4n) is 1.50. The average Bonchev–Trinajstić information content (AvgIpc) is 2.26. The van der Waals surface area contributed by atoms with Gasteiger partial charge in [-0.2, -0.15) is 0 Å². The maximum absolute atomic E-state index is 11.4. The summed E-state index contributed by atoms with van der Waals surface area (Å²) in [6.07, 6.45) is 0.278. The van der Waals surface area contributed by atoms with Crippen LogP contribution in [0.15, 0.2) is 24.3 Å². The van der Waals surface area contributed by atoms with E-state index in [2.05, 4.69) is 10.1 Å². The molecule has 0 heterocycles. The number of esters is 1. The number of hydrogen-bond acceptors (Lipinski definition) is 4. The maximum Gasteiger partial charge on any atom is 0.328 e. The van der Waals surface area contributed by atoms with Crippen molar-refractivity contribution >= 4 is 11.9 Å². The van der Waals surface area contributed by atoms with Crippen molar-refractivity contribution in [2.45, 2.75) is 19.4 Å². The second kappa shape index (κ2) is 5.89. The highest BCUT2D eigenvalue weighted by Gasteiger charge is 2.20. The number of rotatable bonds is 4. The van der Waals surface area contributed by atoms with E-state index in [0.717, 1.165) is 5.56 Å². The first-order valence-electron chi connectivity index (χ1n) is 5.15. The molecule has 1 aromatic carbocycles. The minimum Gasteiger partial charge on any atom is -0.508 e. The van der Waals surface area contributed by atoms with Crippen molar-refractivity contribution in [2.24, 2.45) is 0 Å². The van der Waals surface area contributed by atoms with Gasteiger partial charge in [0.1, 0.15) is 11.8 Å². The summed E-state index contributed by atoms with van der Waals surface area (Å²) in [4.78, 5) is 22.4. The summed E-state index contributed by atoms with van der Waals surface area (Å²) in [5.41, 5.74) is 0.745. The molecule has 1 amide bonds. The Labute approximate surface area is 99.4 Å². The van der Waals surface area contributed by atoms with E-state index in [0.29, 0.717) is 0 Å². The number of hydrogen-bond donors (Lipinski definition) is 2. The molecule has 2 N–H and O–H groups in total. The van der Waals surface area contributed by atoms with Gasteiger partial charge in [-0.15, -0.1) is 0 Å². The number of phenols is 1. The number of nitrogens with one attached hydrogen (secondary N) is 1. The van der Waals surface area contributed by atoms with Crippen LogP contribution in [0.4, 0.5) is 0 Å². The molecule has 0 fully saturated rings. The third-order valence-corrected chi connectivity index (χ3v) is 2.21. The zero-order valence-electron chi connectivity index (χ0n) is 9.77. The van der Waals surface area contributed by atoms with Crippen LogP contribution in [0.5, 0.6) is 5.75 Å². The molecule has 92 valence electrons. The van der Waals surface area contributed by atoms with Crippen LogP contribution in [0.25, 0.3) is 0 Å². The van der Waals surface area contributed by atoms with Crippen LogP contribution in [0, 0.1) is 0 Å². The number of aromatic hydroxyl groups is 1. The third kappa shape index (κ3) is 4.14. The Kier molecular flexibility index (Phi) is 4.51. The molecule has 0 aliphatic carbocycles. The minimum atomic E-state index is -0.737. The molecule has 1 unspecified atom stereocenters. The van der Waals surface area contributed by atoms with Gasteiger partial charge in [0.15, 0.2) is 0 Å². The number of methoxy groups -OCH3 is 1. The van der Waals surface area contributed by atoms with Crippen molar-refractivity contribution in [3.63, 3.8) is 0 Å². The van der Waals surface area contributed by atoms with Gasteiger partial charge < -0.3 is 15.2 Å². The summed E-state index contributed by atoms with van der Waals surface area (Å²) in [5, 5.41) is 11.8. The Morgan fingerprint density at radius 1 is 1.47 bits per heavy atom. The first-order chi connectivity index (χ1) is 8.02. The van der Waals surface area contributed by atoms with Crippen LogP contribution < -0.4 is 5.32 Å². The lowest BCUT2D eigenvalue weighted by atomic mass is 10.1. The van der Waals surface area contributed by atoms with E-state index >= 15 is 0 Å². The molecule has 0 bridgehead atoms. The fourth-order valence-corrected chi connectivity index (χ4v) is 1.50. The van der Waals surface area contributed by atoms with E-state index in [4.69, 9.17) is 0 Å². The second-order valence-corrected chi connectivity index (χ2v) is 3.65. The summed E-state index contributed by atoms with van der Waals surface area (Å²) in [5.74, 6) is -0.696. The molecule has 0 radical (unpaired) electrons. The molecule has 5 heteroatoms. The Morgan fingerprint density at radius 2 is 2.18 bits per heavy atom. The summed E-state index contributed by atoms with van der Waals surface area (Å²) < 4.78 is 4.60. The number of carbonyl (C=O) groups excluding carboxylic acids is 2. The molecule has 0 saturated carbocycles. The Hall–Kier alpha value is -2.04. The Balaban J connectivity index is 2.78. The van der Waals surface area contributed by atoms with Gasteiger partial charge in [-0.05, 0) is 17.7 Å². The molecule has 0 aliphatic heterocycles. The van der Waals surface area contributed by atoms with E-state index in [1.54, 1.807) is 12.1 Å². The smallest absolute Gasteiger partial charge is 0.328 e. The van der Waals surface area contributed by atoms with Crippen LogP contribution >= 0.6 is 0 Å². The molecule has 1 rings (SSSR count). The molecule has 1 aromatic rings. The zero-order chi connectivity index (χ0) is 12.8. The standard InChI is InChI=1S/C12H15NO4/c1-8(14)13-11(12(16)17-2)7-9-4-3-5-10(15)6-9/h3-6,11,15H,7H2,1-2H3,(H,13,14). The summed E-state index contributed by atoms with van der Waals surface area (Å²) in [6.45, 7) is 1.33. The first-order valence-corrected chi connectivity index (χ1v) is 5.15. The van der Waals surface area contributed by atoms with Crippen LogP contribution in [-0.2, 0) is 20.7 Å². The normalized spacial score (nSPS) is 11.6. The van der Waals surface area contributed by atoms with Crippen molar-refractivity contribution in [3.8, 4) is 5.75 Å². The SMILES string of the molecule is COC(=O)C(Cc1cccc(O)c1)NC(C)=O. The zero-order valence-corrected chi connectivity index (χ0v) is 9.77. The predicted molar refractivity (Wildman–Crippen MR) is 61.4 cm³/mol. The predicted octanol–water partition coefficient (Wildman–Crippen LogP) is 0.612. The molecule has 17 heavy (non-hydrogen) atoms. The lowest BCUT2D eigenvalue weighted by molar-refractivity contribution is -0.144. The number of benzene rings is 1. The van der Waals surface area contributed by atoms with Crippen molar-refractivity contribution in [1.82, 2.24) is 5.32 Å². The van der Waals surface area contributed by atoms with Gasteiger partial charge in [-0.3, -0.25) is 4.79 Å². The first kappa shape index (κ1) is 13.0. The average molecular weight is 237 g/mol. The van der Waals surface area contributed by atoms with E-state index < -0.39 is 12.0 Å². The fraction of sp³-hybridized carbons (Fsp3) is 0.333. The van der Waals surface area contributed by atoms with Crippen LogP contribution in [-0.4, -0.2) is 30.1 Å². The monoisotopic (exact) mass is 237 g/mol. The molecule has 0 aliphatic rings. The van der Waals surface area contributed by atoms with E-state index in [1.807, 2.05) is 0 Å². The number of amides is 1. The summed E-state index contributed by atoms with van der Waals surface area (Å²) >= 11 is 0. The van der Waals surface area contributed by atoms with Crippen molar-refractivity contribution < 1.29 is 19.4 Å². The van der Waals surface area contributed by atoms with Crippen LogP contribution in [0.1, 0.15) is 12.5 Å². The molecular formula is C12H15NO4. The number of ether oxygens (including phenoxy) is 1. The lowest BCUT2D eigenvalue weighted by Gasteiger charge is -2.15. The van der Waals surface area contributed by atoms with Gasteiger partial charge in [0, 0.05) is 13.3 Å². The van der Waals surface area contributed by atoms with Crippen LogP contribution in [0.2, 0.25) is 0 Å². The third-order valence-electron chi connectivity index (χ3n) is 2.21. The highest BCUT2D eigenvalue weighted by molar-refractivity contribution is 5.83. The molecule has 5 nitrogen and oxygen atoms in total. The molecule has 0 saturated heterocycles. The van der Waals surface area contributed by atoms with Gasteiger partial charge >= 0.3 is 5.97 Å². The highest BCUT2D eigenvalue weighted by Crippen LogP contribution is 2.13. The van der Waals surface area contributed by atoms with Crippen molar-refractivity contribution in [3.05, 3.63) is 29.8 Å². The maximum atomic E-state index is 11.4. The molecular weight excluding hydrogens is 222 g/mol. The van der Waals surface area contributed by atoms with Crippen LogP contribution in [0.3, 0.4) is 0 Å². The second-order valence-electron chi connectivity index (χ2n) is 3.65. The van der Waals surface area contributed by atoms with Crippen molar-refractivity contribution in [2.75, 3.05) is 7.11 Å². The largest absolute Gasteiger partial charge is 0.508 e. The van der Waals surface area contributed by atoms with Gasteiger partial charge in [0.25, 0.3) is 0 Å². The molecule has 0 aromatic heterocycles. The minimum absolute atomic E-state index is 0.119. The topological polar surface area (TPSA) is 75.6 Å².